The topological polar surface area (TPSA) is 9.23 Å². The second kappa shape index (κ2) is 4.88. The van der Waals surface area contributed by atoms with Crippen molar-refractivity contribution in [2.45, 2.75) is 18.7 Å². The molecule has 1 rings (SSSR count). The average molecular weight is 180 g/mol. The minimum absolute atomic E-state index is 1.12. The molecule has 0 saturated carbocycles. The van der Waals surface area contributed by atoms with E-state index in [4.69, 9.17) is 4.18 Å². The first-order chi connectivity index (χ1) is 5.83. The predicted octanol–water partition coefficient (Wildman–Crippen LogP) is 3.55. The van der Waals surface area contributed by atoms with E-state index in [1.165, 1.54) is 17.6 Å². The van der Waals surface area contributed by atoms with Crippen LogP contribution < -0.4 is 0 Å². The van der Waals surface area contributed by atoms with Crippen LogP contribution in [0.4, 0.5) is 0 Å². The highest BCUT2D eigenvalue weighted by Gasteiger charge is 1.91. The van der Waals surface area contributed by atoms with Gasteiger partial charge in [-0.2, -0.15) is 0 Å². The van der Waals surface area contributed by atoms with E-state index in [0.29, 0.717) is 0 Å². The van der Waals surface area contributed by atoms with E-state index >= 15 is 0 Å². The van der Waals surface area contributed by atoms with Crippen molar-refractivity contribution >= 4 is 12.0 Å². The van der Waals surface area contributed by atoms with Gasteiger partial charge in [0.15, 0.2) is 0 Å². The normalized spacial score (nSPS) is 10.5. The molecule has 0 bridgehead atoms. The van der Waals surface area contributed by atoms with Gasteiger partial charge in [-0.3, -0.25) is 0 Å². The molecule has 0 atom stereocenters. The predicted molar refractivity (Wildman–Crippen MR) is 52.9 cm³/mol. The molecule has 64 valence electrons. The lowest BCUT2D eigenvalue weighted by atomic mass is 10.2. The zero-order chi connectivity index (χ0) is 8.81. The van der Waals surface area contributed by atoms with Crippen LogP contribution in [0.3, 0.4) is 0 Å². The molecule has 0 heterocycles. The average Bonchev–Trinajstić information content (AvgIpc) is 2.09. The molecule has 0 aliphatic rings. The summed E-state index contributed by atoms with van der Waals surface area (Å²) in [5, 5.41) is 0. The third-order valence-corrected chi connectivity index (χ3v) is 2.03. The van der Waals surface area contributed by atoms with E-state index in [-0.39, 0.29) is 0 Å². The molecule has 12 heavy (non-hydrogen) atoms. The first kappa shape index (κ1) is 9.20. The van der Waals surface area contributed by atoms with Crippen LogP contribution in [-0.2, 0) is 4.18 Å². The largest absolute Gasteiger partial charge is 0.429 e. The highest BCUT2D eigenvalue weighted by atomic mass is 32.2. The van der Waals surface area contributed by atoms with Crippen LogP contribution in [0.1, 0.15) is 12.5 Å². The van der Waals surface area contributed by atoms with Crippen molar-refractivity contribution in [3.63, 3.8) is 0 Å². The van der Waals surface area contributed by atoms with Gasteiger partial charge in [0.2, 0.25) is 0 Å². The molecule has 0 fully saturated rings. The molecule has 0 radical (unpaired) electrons. The highest BCUT2D eigenvalue weighted by Crippen LogP contribution is 2.19. The summed E-state index contributed by atoms with van der Waals surface area (Å²) in [6, 6.07) is 8.23. The lowest BCUT2D eigenvalue weighted by molar-refractivity contribution is 0.564. The minimum Gasteiger partial charge on any atom is -0.429 e. The van der Waals surface area contributed by atoms with Crippen molar-refractivity contribution in [2.75, 3.05) is 0 Å². The van der Waals surface area contributed by atoms with Crippen LogP contribution in [0.15, 0.2) is 41.5 Å². The molecule has 0 aliphatic heterocycles. The summed E-state index contributed by atoms with van der Waals surface area (Å²) in [7, 11) is 0. The molecule has 2 heteroatoms. The fraction of sp³-hybridized carbons (Fsp3) is 0.200. The van der Waals surface area contributed by atoms with Gasteiger partial charge in [0, 0.05) is 4.90 Å². The van der Waals surface area contributed by atoms with Gasteiger partial charge in [0.25, 0.3) is 0 Å². The molecular formula is C10H12OS. The Kier molecular flexibility index (Phi) is 3.74. The maximum atomic E-state index is 5.14. The summed E-state index contributed by atoms with van der Waals surface area (Å²) in [5.74, 6) is 0. The number of allylic oxidation sites excluding steroid dienone is 1. The Morgan fingerprint density at radius 2 is 1.92 bits per heavy atom. The molecule has 0 unspecified atom stereocenters. The quantitative estimate of drug-likeness (QED) is 0.519. The van der Waals surface area contributed by atoms with E-state index in [0.717, 1.165) is 4.90 Å². The summed E-state index contributed by atoms with van der Waals surface area (Å²) in [6.07, 6.45) is 3.53. The van der Waals surface area contributed by atoms with Crippen molar-refractivity contribution in [1.29, 1.82) is 0 Å². The zero-order valence-electron chi connectivity index (χ0n) is 7.28. The maximum Gasteiger partial charge on any atom is 0.0972 e. The van der Waals surface area contributed by atoms with Gasteiger partial charge in [0.1, 0.15) is 0 Å². The number of aryl methyl sites for hydroxylation is 1. The SMILES string of the molecule is C/C=C/OSc1ccc(C)cc1. The van der Waals surface area contributed by atoms with Crippen molar-refractivity contribution in [2.24, 2.45) is 0 Å². The maximum absolute atomic E-state index is 5.14. The van der Waals surface area contributed by atoms with Crippen molar-refractivity contribution < 1.29 is 4.18 Å². The number of rotatable bonds is 3. The molecular weight excluding hydrogens is 168 g/mol. The molecule has 0 aliphatic carbocycles. The van der Waals surface area contributed by atoms with E-state index in [1.807, 2.05) is 25.1 Å². The van der Waals surface area contributed by atoms with Gasteiger partial charge >= 0.3 is 0 Å². The van der Waals surface area contributed by atoms with Gasteiger partial charge in [-0.15, -0.1) is 0 Å². The Morgan fingerprint density at radius 3 is 2.50 bits per heavy atom. The van der Waals surface area contributed by atoms with Crippen molar-refractivity contribution in [3.8, 4) is 0 Å². The van der Waals surface area contributed by atoms with Crippen LogP contribution in [0.2, 0.25) is 0 Å². The second-order valence-corrected chi connectivity index (χ2v) is 3.29. The molecule has 0 saturated heterocycles. The van der Waals surface area contributed by atoms with Crippen molar-refractivity contribution in [1.82, 2.24) is 0 Å². The molecule has 1 aromatic rings. The number of hydrogen-bond acceptors (Lipinski definition) is 2. The smallest absolute Gasteiger partial charge is 0.0972 e. The lowest BCUT2D eigenvalue weighted by Gasteiger charge is -1.98. The van der Waals surface area contributed by atoms with Gasteiger partial charge in [0.05, 0.1) is 18.3 Å². The first-order valence-electron chi connectivity index (χ1n) is 3.84. The molecule has 0 N–H and O–H groups in total. The van der Waals surface area contributed by atoms with Crippen LogP contribution in [0, 0.1) is 6.92 Å². The van der Waals surface area contributed by atoms with Crippen molar-refractivity contribution in [3.05, 3.63) is 42.2 Å². The van der Waals surface area contributed by atoms with Crippen LogP contribution in [0.5, 0.6) is 0 Å². The third-order valence-electron chi connectivity index (χ3n) is 1.36. The summed E-state index contributed by atoms with van der Waals surface area (Å²) in [5.41, 5.74) is 1.27. The molecule has 0 aromatic heterocycles. The third kappa shape index (κ3) is 3.01. The summed E-state index contributed by atoms with van der Waals surface area (Å²) in [6.45, 7) is 4.00. The Morgan fingerprint density at radius 1 is 1.25 bits per heavy atom. The highest BCUT2D eigenvalue weighted by molar-refractivity contribution is 7.94. The Hall–Kier alpha value is -0.890. The number of benzene rings is 1. The lowest BCUT2D eigenvalue weighted by Crippen LogP contribution is -1.73. The van der Waals surface area contributed by atoms with E-state index in [1.54, 1.807) is 6.26 Å². The summed E-state index contributed by atoms with van der Waals surface area (Å²) in [4.78, 5) is 1.12. The Labute approximate surface area is 77.6 Å². The van der Waals surface area contributed by atoms with Gasteiger partial charge < -0.3 is 4.18 Å². The molecule has 1 aromatic carbocycles. The fourth-order valence-electron chi connectivity index (χ4n) is 0.733. The van der Waals surface area contributed by atoms with Crippen LogP contribution >= 0.6 is 12.0 Å². The van der Waals surface area contributed by atoms with E-state index < -0.39 is 0 Å². The first-order valence-corrected chi connectivity index (χ1v) is 4.58. The Balaban J connectivity index is 2.47. The zero-order valence-corrected chi connectivity index (χ0v) is 8.10. The van der Waals surface area contributed by atoms with E-state index in [2.05, 4.69) is 19.1 Å². The van der Waals surface area contributed by atoms with Gasteiger partial charge in [-0.1, -0.05) is 23.8 Å². The second-order valence-electron chi connectivity index (χ2n) is 2.46. The molecule has 0 amide bonds. The number of hydrogen-bond donors (Lipinski definition) is 0. The summed E-state index contributed by atoms with van der Waals surface area (Å²) < 4.78 is 5.14. The molecule has 1 nitrogen and oxygen atoms in total. The van der Waals surface area contributed by atoms with Gasteiger partial charge in [-0.25, -0.2) is 0 Å². The summed E-state index contributed by atoms with van der Waals surface area (Å²) >= 11 is 1.37. The minimum atomic E-state index is 1.12. The van der Waals surface area contributed by atoms with E-state index in [9.17, 15) is 0 Å². The Bertz CT molecular complexity index is 251. The monoisotopic (exact) mass is 180 g/mol. The standard InChI is InChI=1S/C10H12OS/c1-3-8-11-12-10-6-4-9(2)5-7-10/h3-8H,1-2H3/b8-3+. The van der Waals surface area contributed by atoms with Gasteiger partial charge in [-0.05, 0) is 26.0 Å². The fourth-order valence-corrected chi connectivity index (χ4v) is 1.26. The van der Waals surface area contributed by atoms with Crippen LogP contribution in [0.25, 0.3) is 0 Å². The molecule has 0 spiro atoms. The van der Waals surface area contributed by atoms with Crippen LogP contribution in [-0.4, -0.2) is 0 Å².